The summed E-state index contributed by atoms with van der Waals surface area (Å²) < 4.78 is 9.50. The number of aryl methyl sites for hydroxylation is 2. The first-order chi connectivity index (χ1) is 19.8. The van der Waals surface area contributed by atoms with Crippen LogP contribution in [-0.4, -0.2) is 89.4 Å². The first-order valence-electron chi connectivity index (χ1n) is 14.0. The molecule has 0 bridgehead atoms. The number of carbonyl (C=O) groups is 2. The van der Waals surface area contributed by atoms with Crippen molar-refractivity contribution >= 4 is 17.6 Å². The highest BCUT2D eigenvalue weighted by Gasteiger charge is 2.45. The first kappa shape index (κ1) is 26.7. The standard InChI is InChI=1S/C29H35N9O3/c1-20-15-23(41-17-21(2)22-7-5-4-6-8-22)16-38-25(20)31-24(34-38)9-12-37-18-29(32-28(37)40)10-13-36(14-11-29)27(39)26-33-30-19-35(26)3/h4-8,15-16,19,21H,9-14,17-18H2,1-3H3,(H,32,40)/t21-/m0/s1. The molecule has 0 unspecified atom stereocenters. The zero-order chi connectivity index (χ0) is 28.6. The average molecular weight is 558 g/mol. The second-order valence-corrected chi connectivity index (χ2v) is 11.2. The minimum Gasteiger partial charge on any atom is -0.491 e. The number of ether oxygens (including phenoxy) is 1. The van der Waals surface area contributed by atoms with Gasteiger partial charge >= 0.3 is 6.03 Å². The highest BCUT2D eigenvalue weighted by molar-refractivity contribution is 5.90. The van der Waals surface area contributed by atoms with Crippen molar-refractivity contribution in [2.75, 3.05) is 32.8 Å². The first-order valence-corrected chi connectivity index (χ1v) is 14.0. The molecular formula is C29H35N9O3. The molecule has 3 amide bonds. The molecule has 2 fully saturated rings. The summed E-state index contributed by atoms with van der Waals surface area (Å²) in [4.78, 5) is 34.0. The molecule has 12 nitrogen and oxygen atoms in total. The maximum Gasteiger partial charge on any atom is 0.317 e. The number of hydrogen-bond donors (Lipinski definition) is 1. The van der Waals surface area contributed by atoms with E-state index in [1.54, 1.807) is 21.0 Å². The van der Waals surface area contributed by atoms with Gasteiger partial charge in [-0.1, -0.05) is 37.3 Å². The van der Waals surface area contributed by atoms with Gasteiger partial charge in [0.15, 0.2) is 11.5 Å². The van der Waals surface area contributed by atoms with Gasteiger partial charge in [-0.05, 0) is 37.0 Å². The summed E-state index contributed by atoms with van der Waals surface area (Å²) in [7, 11) is 1.76. The minimum absolute atomic E-state index is 0.0822. The molecule has 0 saturated carbocycles. The molecule has 2 aliphatic rings. The van der Waals surface area contributed by atoms with Gasteiger partial charge < -0.3 is 24.4 Å². The number of amides is 3. The molecule has 5 heterocycles. The van der Waals surface area contributed by atoms with Gasteiger partial charge in [0.2, 0.25) is 5.82 Å². The molecule has 214 valence electrons. The van der Waals surface area contributed by atoms with Gasteiger partial charge in [-0.15, -0.1) is 10.2 Å². The van der Waals surface area contributed by atoms with Crippen LogP contribution in [0.5, 0.6) is 5.75 Å². The number of pyridine rings is 1. The van der Waals surface area contributed by atoms with Gasteiger partial charge in [0.25, 0.3) is 5.91 Å². The Morgan fingerprint density at radius 2 is 1.98 bits per heavy atom. The summed E-state index contributed by atoms with van der Waals surface area (Å²) in [6, 6.07) is 12.2. The molecule has 6 rings (SSSR count). The van der Waals surface area contributed by atoms with Crippen molar-refractivity contribution in [1.82, 2.24) is 44.5 Å². The Morgan fingerprint density at radius 3 is 2.71 bits per heavy atom. The lowest BCUT2D eigenvalue weighted by molar-refractivity contribution is 0.0643. The van der Waals surface area contributed by atoms with Crippen LogP contribution in [0.1, 0.15) is 53.3 Å². The number of benzene rings is 1. The Bertz CT molecular complexity index is 1560. The largest absolute Gasteiger partial charge is 0.491 e. The van der Waals surface area contributed by atoms with Crippen molar-refractivity contribution in [3.63, 3.8) is 0 Å². The summed E-state index contributed by atoms with van der Waals surface area (Å²) in [5, 5.41) is 15.6. The predicted molar refractivity (Wildman–Crippen MR) is 151 cm³/mol. The highest BCUT2D eigenvalue weighted by atomic mass is 16.5. The van der Waals surface area contributed by atoms with Crippen LogP contribution in [0.2, 0.25) is 0 Å². The molecule has 2 aliphatic heterocycles. The van der Waals surface area contributed by atoms with Gasteiger partial charge in [-0.3, -0.25) is 4.79 Å². The molecule has 3 aromatic heterocycles. The summed E-state index contributed by atoms with van der Waals surface area (Å²) in [6.07, 6.45) is 5.31. The summed E-state index contributed by atoms with van der Waals surface area (Å²) >= 11 is 0. The Hall–Kier alpha value is -4.48. The fourth-order valence-electron chi connectivity index (χ4n) is 5.68. The fraction of sp³-hybridized carbons (Fsp3) is 0.448. The van der Waals surface area contributed by atoms with E-state index in [0.717, 1.165) is 17.0 Å². The van der Waals surface area contributed by atoms with Crippen molar-refractivity contribution in [2.24, 2.45) is 7.05 Å². The van der Waals surface area contributed by atoms with Crippen LogP contribution < -0.4 is 10.1 Å². The predicted octanol–water partition coefficient (Wildman–Crippen LogP) is 2.59. The van der Waals surface area contributed by atoms with Crippen LogP contribution in [-0.2, 0) is 13.5 Å². The lowest BCUT2D eigenvalue weighted by atomic mass is 9.88. The molecule has 1 spiro atoms. The Balaban J connectivity index is 1.04. The number of hydrogen-bond acceptors (Lipinski definition) is 7. The van der Waals surface area contributed by atoms with Crippen LogP contribution in [0.15, 0.2) is 48.9 Å². The van der Waals surface area contributed by atoms with Crippen LogP contribution in [0.4, 0.5) is 4.79 Å². The second-order valence-electron chi connectivity index (χ2n) is 11.2. The zero-order valence-electron chi connectivity index (χ0n) is 23.7. The maximum atomic E-state index is 12.9. The van der Waals surface area contributed by atoms with E-state index in [1.165, 1.54) is 11.9 Å². The number of urea groups is 1. The smallest absolute Gasteiger partial charge is 0.317 e. The van der Waals surface area contributed by atoms with E-state index in [-0.39, 0.29) is 23.4 Å². The SMILES string of the molecule is Cc1cc(OC[C@H](C)c2ccccc2)cn2nc(CCN3CC4(CCN(C(=O)c5nncn5C)CC4)NC3=O)nc12. The third-order valence-corrected chi connectivity index (χ3v) is 8.17. The van der Waals surface area contributed by atoms with Crippen molar-refractivity contribution in [3.8, 4) is 5.75 Å². The van der Waals surface area contributed by atoms with Gasteiger partial charge in [0.05, 0.1) is 18.3 Å². The molecular weight excluding hydrogens is 522 g/mol. The topological polar surface area (TPSA) is 123 Å². The quantitative estimate of drug-likeness (QED) is 0.353. The molecule has 1 N–H and O–H groups in total. The van der Waals surface area contributed by atoms with Crippen molar-refractivity contribution < 1.29 is 14.3 Å². The Labute approximate surface area is 238 Å². The van der Waals surface area contributed by atoms with Gasteiger partial charge in [-0.2, -0.15) is 5.10 Å². The number of rotatable bonds is 8. The minimum atomic E-state index is -0.334. The number of piperidine rings is 1. The molecule has 41 heavy (non-hydrogen) atoms. The maximum absolute atomic E-state index is 12.9. The monoisotopic (exact) mass is 557 g/mol. The van der Waals surface area contributed by atoms with E-state index in [0.29, 0.717) is 63.7 Å². The summed E-state index contributed by atoms with van der Waals surface area (Å²) in [5.74, 6) is 1.89. The average Bonchev–Trinajstić information content (AvgIpc) is 3.68. The third kappa shape index (κ3) is 5.46. The van der Waals surface area contributed by atoms with Gasteiger partial charge in [0, 0.05) is 45.6 Å². The van der Waals surface area contributed by atoms with E-state index < -0.39 is 0 Å². The number of aromatic nitrogens is 6. The molecule has 4 aromatic rings. The number of carbonyl (C=O) groups excluding carboxylic acids is 2. The number of fused-ring (bicyclic) bond motifs is 1. The third-order valence-electron chi connectivity index (χ3n) is 8.17. The van der Waals surface area contributed by atoms with Crippen LogP contribution in [0.3, 0.4) is 0 Å². The highest BCUT2D eigenvalue weighted by Crippen LogP contribution is 2.29. The second kappa shape index (κ2) is 10.8. The summed E-state index contributed by atoms with van der Waals surface area (Å²) in [5.41, 5.74) is 2.67. The van der Waals surface area contributed by atoms with Crippen LogP contribution in [0, 0.1) is 6.92 Å². The number of nitrogens with zero attached hydrogens (tertiary/aromatic N) is 8. The zero-order valence-corrected chi connectivity index (χ0v) is 23.7. The van der Waals surface area contributed by atoms with E-state index in [9.17, 15) is 9.59 Å². The molecule has 12 heteroatoms. The van der Waals surface area contributed by atoms with Crippen molar-refractivity contribution in [2.45, 2.75) is 44.6 Å². The van der Waals surface area contributed by atoms with Crippen LogP contribution >= 0.6 is 0 Å². The number of likely N-dealkylation sites (tertiary alicyclic amines) is 1. The Morgan fingerprint density at radius 1 is 1.20 bits per heavy atom. The molecule has 1 aromatic carbocycles. The normalized spacial score (nSPS) is 17.3. The summed E-state index contributed by atoms with van der Waals surface area (Å²) in [6.45, 7) is 6.94. The van der Waals surface area contributed by atoms with Crippen molar-refractivity contribution in [1.29, 1.82) is 0 Å². The van der Waals surface area contributed by atoms with E-state index in [2.05, 4.69) is 39.7 Å². The van der Waals surface area contributed by atoms with E-state index in [1.807, 2.05) is 42.3 Å². The molecule has 2 saturated heterocycles. The molecule has 1 atom stereocenters. The van der Waals surface area contributed by atoms with Crippen molar-refractivity contribution in [3.05, 3.63) is 71.7 Å². The van der Waals surface area contributed by atoms with E-state index in [4.69, 9.17) is 9.72 Å². The van der Waals surface area contributed by atoms with Gasteiger partial charge in [0.1, 0.15) is 12.1 Å². The Kier molecular flexibility index (Phi) is 7.06. The molecule has 0 aliphatic carbocycles. The van der Waals surface area contributed by atoms with E-state index >= 15 is 0 Å². The fourth-order valence-corrected chi connectivity index (χ4v) is 5.68. The lowest BCUT2D eigenvalue weighted by Crippen LogP contribution is -2.53. The number of nitrogens with one attached hydrogen (secondary N) is 1. The van der Waals surface area contributed by atoms with Crippen LogP contribution in [0.25, 0.3) is 5.65 Å². The lowest BCUT2D eigenvalue weighted by Gasteiger charge is -2.38. The molecule has 0 radical (unpaired) electrons. The van der Waals surface area contributed by atoms with Gasteiger partial charge in [-0.25, -0.2) is 14.3 Å².